The standard InChI is InChI=1S/C19H16ClNO/c1-11-8-12(2)19-17(9-11)16(13(3)22)10-18(21-19)14-4-6-15(20)7-5-14/h4-10H,1-3H3. The Bertz CT molecular complexity index is 882. The van der Waals surface area contributed by atoms with E-state index < -0.39 is 0 Å². The molecule has 110 valence electrons. The van der Waals surface area contributed by atoms with E-state index in [-0.39, 0.29) is 5.78 Å². The number of Topliss-reactive ketones (excluding diaryl/α,β-unsaturated/α-hetero) is 1. The average Bonchev–Trinajstić information content (AvgIpc) is 2.47. The largest absolute Gasteiger partial charge is 0.294 e. The Balaban J connectivity index is 2.34. The molecule has 3 heteroatoms. The van der Waals surface area contributed by atoms with Gasteiger partial charge in [0, 0.05) is 21.5 Å². The van der Waals surface area contributed by atoms with Crippen molar-refractivity contribution in [2.24, 2.45) is 0 Å². The van der Waals surface area contributed by atoms with Gasteiger partial charge in [-0.2, -0.15) is 0 Å². The Hall–Kier alpha value is -2.19. The lowest BCUT2D eigenvalue weighted by atomic mass is 9.98. The van der Waals surface area contributed by atoms with Crippen molar-refractivity contribution in [3.63, 3.8) is 0 Å². The van der Waals surface area contributed by atoms with E-state index in [9.17, 15) is 4.79 Å². The summed E-state index contributed by atoms with van der Waals surface area (Å²) in [6.45, 7) is 5.65. The molecule has 0 fully saturated rings. The number of ketones is 1. The summed E-state index contributed by atoms with van der Waals surface area (Å²) >= 11 is 5.94. The number of carbonyl (C=O) groups is 1. The van der Waals surface area contributed by atoms with Gasteiger partial charge in [0.15, 0.2) is 5.78 Å². The van der Waals surface area contributed by atoms with Crippen molar-refractivity contribution in [2.45, 2.75) is 20.8 Å². The van der Waals surface area contributed by atoms with E-state index in [1.54, 1.807) is 6.92 Å². The van der Waals surface area contributed by atoms with Gasteiger partial charge in [-0.3, -0.25) is 4.79 Å². The highest BCUT2D eigenvalue weighted by molar-refractivity contribution is 6.30. The molecule has 0 aliphatic rings. The molecule has 0 amide bonds. The highest BCUT2D eigenvalue weighted by atomic mass is 35.5. The molecule has 2 nitrogen and oxygen atoms in total. The zero-order chi connectivity index (χ0) is 15.9. The van der Waals surface area contributed by atoms with E-state index in [0.29, 0.717) is 10.6 Å². The molecule has 0 radical (unpaired) electrons. The van der Waals surface area contributed by atoms with E-state index in [1.165, 1.54) is 0 Å². The number of hydrogen-bond donors (Lipinski definition) is 0. The molecule has 0 spiro atoms. The van der Waals surface area contributed by atoms with Crippen LogP contribution in [0.1, 0.15) is 28.4 Å². The van der Waals surface area contributed by atoms with Gasteiger partial charge in [0.2, 0.25) is 0 Å². The summed E-state index contributed by atoms with van der Waals surface area (Å²) < 4.78 is 0. The van der Waals surface area contributed by atoms with Crippen LogP contribution in [0.2, 0.25) is 5.02 Å². The average molecular weight is 310 g/mol. The fourth-order valence-corrected chi connectivity index (χ4v) is 2.87. The molecule has 1 heterocycles. The second-order valence-corrected chi connectivity index (χ2v) is 6.03. The molecule has 0 bridgehead atoms. The van der Waals surface area contributed by atoms with E-state index in [4.69, 9.17) is 16.6 Å². The molecule has 0 aliphatic carbocycles. The van der Waals surface area contributed by atoms with Crippen molar-refractivity contribution >= 4 is 28.3 Å². The Kier molecular flexibility index (Phi) is 3.71. The summed E-state index contributed by atoms with van der Waals surface area (Å²) in [5.74, 6) is 0.0487. The van der Waals surface area contributed by atoms with Gasteiger partial charge in [-0.1, -0.05) is 35.4 Å². The minimum Gasteiger partial charge on any atom is -0.294 e. The van der Waals surface area contributed by atoms with Crippen LogP contribution in [-0.2, 0) is 0 Å². The number of benzene rings is 2. The molecule has 3 aromatic rings. The quantitative estimate of drug-likeness (QED) is 0.595. The maximum absolute atomic E-state index is 12.1. The van der Waals surface area contributed by atoms with Gasteiger partial charge in [-0.25, -0.2) is 4.98 Å². The predicted molar refractivity (Wildman–Crippen MR) is 91.7 cm³/mol. The summed E-state index contributed by atoms with van der Waals surface area (Å²) in [6, 6.07) is 13.5. The molecule has 22 heavy (non-hydrogen) atoms. The zero-order valence-electron chi connectivity index (χ0n) is 12.8. The maximum Gasteiger partial charge on any atom is 0.160 e. The first-order chi connectivity index (χ1) is 10.5. The van der Waals surface area contributed by atoms with Gasteiger partial charge >= 0.3 is 0 Å². The van der Waals surface area contributed by atoms with E-state index >= 15 is 0 Å². The van der Waals surface area contributed by atoms with Gasteiger partial charge in [-0.15, -0.1) is 0 Å². The van der Waals surface area contributed by atoms with Gasteiger partial charge in [0.05, 0.1) is 11.2 Å². The van der Waals surface area contributed by atoms with Crippen molar-refractivity contribution in [3.05, 3.63) is 64.2 Å². The number of nitrogens with zero attached hydrogens (tertiary/aromatic N) is 1. The van der Waals surface area contributed by atoms with Crippen molar-refractivity contribution in [2.75, 3.05) is 0 Å². The van der Waals surface area contributed by atoms with E-state index in [2.05, 4.69) is 6.07 Å². The second kappa shape index (κ2) is 5.54. The van der Waals surface area contributed by atoms with E-state index in [1.807, 2.05) is 50.2 Å². The van der Waals surface area contributed by atoms with Crippen LogP contribution in [0.4, 0.5) is 0 Å². The van der Waals surface area contributed by atoms with Gasteiger partial charge < -0.3 is 0 Å². The van der Waals surface area contributed by atoms with Crippen molar-refractivity contribution in [1.82, 2.24) is 4.98 Å². The van der Waals surface area contributed by atoms with Crippen LogP contribution < -0.4 is 0 Å². The predicted octanol–water partition coefficient (Wildman–Crippen LogP) is 5.37. The first kappa shape index (κ1) is 14.7. The molecule has 3 rings (SSSR count). The monoisotopic (exact) mass is 309 g/mol. The van der Waals surface area contributed by atoms with Crippen LogP contribution in [0.25, 0.3) is 22.2 Å². The van der Waals surface area contributed by atoms with Gasteiger partial charge in [-0.05, 0) is 50.6 Å². The van der Waals surface area contributed by atoms with Crippen LogP contribution in [0.3, 0.4) is 0 Å². The molecule has 0 saturated heterocycles. The molecular weight excluding hydrogens is 294 g/mol. The highest BCUT2D eigenvalue weighted by Gasteiger charge is 2.13. The fraction of sp³-hybridized carbons (Fsp3) is 0.158. The first-order valence-corrected chi connectivity index (χ1v) is 7.52. The number of carbonyl (C=O) groups excluding carboxylic acids is 1. The highest BCUT2D eigenvalue weighted by Crippen LogP contribution is 2.28. The molecule has 2 aromatic carbocycles. The number of hydrogen-bond acceptors (Lipinski definition) is 2. The van der Waals surface area contributed by atoms with Crippen molar-refractivity contribution < 1.29 is 4.79 Å². The lowest BCUT2D eigenvalue weighted by Gasteiger charge is -2.11. The molecule has 0 N–H and O–H groups in total. The van der Waals surface area contributed by atoms with Crippen LogP contribution >= 0.6 is 11.6 Å². The minimum absolute atomic E-state index is 0.0487. The third-order valence-electron chi connectivity index (χ3n) is 3.77. The Morgan fingerprint density at radius 3 is 2.36 bits per heavy atom. The van der Waals surface area contributed by atoms with Crippen molar-refractivity contribution in [1.29, 1.82) is 0 Å². The molecule has 0 aliphatic heterocycles. The number of fused-ring (bicyclic) bond motifs is 1. The second-order valence-electron chi connectivity index (χ2n) is 5.60. The topological polar surface area (TPSA) is 30.0 Å². The lowest BCUT2D eigenvalue weighted by molar-refractivity contribution is 0.101. The van der Waals surface area contributed by atoms with Gasteiger partial charge in [0.1, 0.15) is 0 Å². The summed E-state index contributed by atoms with van der Waals surface area (Å²) in [5, 5.41) is 1.60. The lowest BCUT2D eigenvalue weighted by Crippen LogP contribution is -1.99. The zero-order valence-corrected chi connectivity index (χ0v) is 13.5. The number of pyridine rings is 1. The molecule has 0 saturated carbocycles. The first-order valence-electron chi connectivity index (χ1n) is 7.14. The SMILES string of the molecule is CC(=O)c1cc(-c2ccc(Cl)cc2)nc2c(C)cc(C)cc12. The smallest absolute Gasteiger partial charge is 0.160 e. The van der Waals surface area contributed by atoms with Crippen LogP contribution in [0, 0.1) is 13.8 Å². The third-order valence-corrected chi connectivity index (χ3v) is 4.02. The van der Waals surface area contributed by atoms with Gasteiger partial charge in [0.25, 0.3) is 0 Å². The third kappa shape index (κ3) is 2.62. The number of halogens is 1. The van der Waals surface area contributed by atoms with E-state index in [0.717, 1.165) is 33.3 Å². The normalized spacial score (nSPS) is 10.9. The number of aromatic nitrogens is 1. The molecule has 0 atom stereocenters. The fourth-order valence-electron chi connectivity index (χ4n) is 2.74. The number of aryl methyl sites for hydroxylation is 2. The summed E-state index contributed by atoms with van der Waals surface area (Å²) in [7, 11) is 0. The maximum atomic E-state index is 12.1. The minimum atomic E-state index is 0.0487. The summed E-state index contributed by atoms with van der Waals surface area (Å²) in [5.41, 5.74) is 5.54. The van der Waals surface area contributed by atoms with Crippen LogP contribution in [-0.4, -0.2) is 10.8 Å². The Labute approximate surface area is 134 Å². The van der Waals surface area contributed by atoms with Crippen LogP contribution in [0.15, 0.2) is 42.5 Å². The molecule has 1 aromatic heterocycles. The summed E-state index contributed by atoms with van der Waals surface area (Å²) in [4.78, 5) is 16.8. The molecule has 0 unspecified atom stereocenters. The van der Waals surface area contributed by atoms with Crippen molar-refractivity contribution in [3.8, 4) is 11.3 Å². The molecular formula is C19H16ClNO. The number of rotatable bonds is 2. The van der Waals surface area contributed by atoms with Crippen LogP contribution in [0.5, 0.6) is 0 Å². The Morgan fingerprint density at radius 1 is 1.05 bits per heavy atom. The Morgan fingerprint density at radius 2 is 1.73 bits per heavy atom. The summed E-state index contributed by atoms with van der Waals surface area (Å²) in [6.07, 6.45) is 0.